The van der Waals surface area contributed by atoms with Gasteiger partial charge >= 0.3 is 0 Å². The van der Waals surface area contributed by atoms with Gasteiger partial charge < -0.3 is 4.74 Å². The zero-order valence-corrected chi connectivity index (χ0v) is 10.4. The lowest BCUT2D eigenvalue weighted by Crippen LogP contribution is -2.46. The first-order valence-corrected chi connectivity index (χ1v) is 7.72. The molecule has 0 N–H and O–H groups in total. The number of ether oxygens (including phenoxy) is 1. The predicted octanol–water partition coefficient (Wildman–Crippen LogP) is 0.978. The van der Waals surface area contributed by atoms with E-state index in [-0.39, 0.29) is 11.4 Å². The molecule has 0 aromatic carbocycles. The molecule has 0 aromatic heterocycles. The van der Waals surface area contributed by atoms with Gasteiger partial charge in [-0.05, 0) is 38.5 Å². The number of piperidine rings is 1. The molecule has 5 heteroatoms. The van der Waals surface area contributed by atoms with E-state index in [1.54, 1.807) is 4.31 Å². The molecular weight excluding hydrogens is 226 g/mol. The van der Waals surface area contributed by atoms with E-state index < -0.39 is 10.0 Å². The van der Waals surface area contributed by atoms with Gasteiger partial charge in [0, 0.05) is 13.1 Å². The average molecular weight is 245 g/mol. The van der Waals surface area contributed by atoms with Gasteiger partial charge in [0.25, 0.3) is 0 Å². The molecule has 0 aromatic rings. The molecule has 3 fully saturated rings. The van der Waals surface area contributed by atoms with Gasteiger partial charge in [0.1, 0.15) is 0 Å². The summed E-state index contributed by atoms with van der Waals surface area (Å²) < 4.78 is 31.6. The van der Waals surface area contributed by atoms with Crippen molar-refractivity contribution in [2.24, 2.45) is 5.92 Å². The third kappa shape index (κ3) is 1.79. The minimum atomic E-state index is -2.99. The standard InChI is InChI=1S/C11H19NO3S/c1-8-6-9-4-5-12(7-11(9)15-8)16(13,14)10-2-3-10/h8-11H,2-7H2,1H3/t8-,9-,11+/m0/s1. The first kappa shape index (κ1) is 11.0. The van der Waals surface area contributed by atoms with E-state index in [1.165, 1.54) is 0 Å². The lowest BCUT2D eigenvalue weighted by atomic mass is 9.93. The molecule has 0 radical (unpaired) electrons. The fourth-order valence-electron chi connectivity index (χ4n) is 2.95. The average Bonchev–Trinajstić information content (AvgIpc) is 3.00. The van der Waals surface area contributed by atoms with Crippen molar-refractivity contribution in [1.82, 2.24) is 4.31 Å². The van der Waals surface area contributed by atoms with E-state index in [0.29, 0.717) is 25.1 Å². The van der Waals surface area contributed by atoms with Gasteiger partial charge in [-0.3, -0.25) is 0 Å². The maximum Gasteiger partial charge on any atom is 0.217 e. The fraction of sp³-hybridized carbons (Fsp3) is 1.00. The summed E-state index contributed by atoms with van der Waals surface area (Å²) in [6.07, 6.45) is 4.23. The van der Waals surface area contributed by atoms with Crippen molar-refractivity contribution in [3.8, 4) is 0 Å². The van der Waals surface area contributed by atoms with Gasteiger partial charge in [0.05, 0.1) is 17.5 Å². The molecule has 0 bridgehead atoms. The molecule has 92 valence electrons. The molecule has 0 amide bonds. The number of hydrogen-bond donors (Lipinski definition) is 0. The highest BCUT2D eigenvalue weighted by atomic mass is 32.2. The SMILES string of the molecule is C[C@H]1C[C@@H]2CCN(S(=O)(=O)C3CC3)C[C@H]2O1. The van der Waals surface area contributed by atoms with Gasteiger partial charge in [0.15, 0.2) is 0 Å². The Morgan fingerprint density at radius 3 is 2.69 bits per heavy atom. The lowest BCUT2D eigenvalue weighted by Gasteiger charge is -2.33. The summed E-state index contributed by atoms with van der Waals surface area (Å²) in [7, 11) is -2.99. The first-order chi connectivity index (χ1) is 7.57. The van der Waals surface area contributed by atoms with Crippen LogP contribution in [0.25, 0.3) is 0 Å². The Morgan fingerprint density at radius 2 is 2.00 bits per heavy atom. The molecule has 3 aliphatic rings. The van der Waals surface area contributed by atoms with E-state index in [0.717, 1.165) is 25.7 Å². The van der Waals surface area contributed by atoms with Gasteiger partial charge in [-0.15, -0.1) is 0 Å². The summed E-state index contributed by atoms with van der Waals surface area (Å²) in [4.78, 5) is 0. The normalized spacial score (nSPS) is 40.9. The van der Waals surface area contributed by atoms with E-state index in [1.807, 2.05) is 0 Å². The minimum Gasteiger partial charge on any atom is -0.374 e. The summed E-state index contributed by atoms with van der Waals surface area (Å²) >= 11 is 0. The highest BCUT2D eigenvalue weighted by molar-refractivity contribution is 7.90. The molecule has 4 nitrogen and oxygen atoms in total. The van der Waals surface area contributed by atoms with Crippen molar-refractivity contribution in [1.29, 1.82) is 0 Å². The smallest absolute Gasteiger partial charge is 0.217 e. The minimum absolute atomic E-state index is 0.0807. The maximum absolute atomic E-state index is 12.1. The van der Waals surface area contributed by atoms with Crippen LogP contribution in [-0.2, 0) is 14.8 Å². The molecule has 0 unspecified atom stereocenters. The zero-order valence-electron chi connectivity index (χ0n) is 9.63. The second kappa shape index (κ2) is 3.68. The Bertz CT molecular complexity index is 377. The Balaban J connectivity index is 1.71. The summed E-state index contributed by atoms with van der Waals surface area (Å²) in [6, 6.07) is 0. The van der Waals surface area contributed by atoms with Crippen LogP contribution in [0.3, 0.4) is 0 Å². The number of nitrogens with zero attached hydrogens (tertiary/aromatic N) is 1. The first-order valence-electron chi connectivity index (χ1n) is 6.22. The van der Waals surface area contributed by atoms with Crippen molar-refractivity contribution in [2.45, 2.75) is 50.1 Å². The molecule has 16 heavy (non-hydrogen) atoms. The lowest BCUT2D eigenvalue weighted by molar-refractivity contribution is 0.0182. The van der Waals surface area contributed by atoms with Crippen LogP contribution in [0.5, 0.6) is 0 Å². The summed E-state index contributed by atoms with van der Waals surface area (Å²) in [6.45, 7) is 3.38. The van der Waals surface area contributed by atoms with Crippen LogP contribution in [-0.4, -0.2) is 43.3 Å². The fourth-order valence-corrected chi connectivity index (χ4v) is 4.82. The monoisotopic (exact) mass is 245 g/mol. The third-order valence-corrected chi connectivity index (χ3v) is 6.37. The van der Waals surface area contributed by atoms with Crippen molar-refractivity contribution in [2.75, 3.05) is 13.1 Å². The van der Waals surface area contributed by atoms with Gasteiger partial charge in [0.2, 0.25) is 10.0 Å². The maximum atomic E-state index is 12.1. The van der Waals surface area contributed by atoms with Crippen molar-refractivity contribution < 1.29 is 13.2 Å². The quantitative estimate of drug-likeness (QED) is 0.728. The molecule has 2 saturated heterocycles. The highest BCUT2D eigenvalue weighted by Crippen LogP contribution is 2.37. The summed E-state index contributed by atoms with van der Waals surface area (Å²) in [5, 5.41) is -0.0807. The Morgan fingerprint density at radius 1 is 1.25 bits per heavy atom. The van der Waals surface area contributed by atoms with Crippen LogP contribution < -0.4 is 0 Å². The van der Waals surface area contributed by atoms with Crippen LogP contribution in [0.4, 0.5) is 0 Å². The van der Waals surface area contributed by atoms with E-state index in [9.17, 15) is 8.42 Å². The summed E-state index contributed by atoms with van der Waals surface area (Å²) in [5.74, 6) is 0.584. The van der Waals surface area contributed by atoms with Gasteiger partial charge in [-0.25, -0.2) is 8.42 Å². The zero-order chi connectivity index (χ0) is 11.3. The largest absolute Gasteiger partial charge is 0.374 e. The molecule has 1 aliphatic carbocycles. The number of hydrogen-bond acceptors (Lipinski definition) is 3. The van der Waals surface area contributed by atoms with Crippen molar-refractivity contribution in [3.63, 3.8) is 0 Å². The number of sulfonamides is 1. The van der Waals surface area contributed by atoms with Crippen molar-refractivity contribution in [3.05, 3.63) is 0 Å². The van der Waals surface area contributed by atoms with E-state index >= 15 is 0 Å². The molecule has 2 heterocycles. The number of fused-ring (bicyclic) bond motifs is 1. The predicted molar refractivity (Wildman–Crippen MR) is 60.6 cm³/mol. The second-order valence-electron chi connectivity index (χ2n) is 5.37. The van der Waals surface area contributed by atoms with Gasteiger partial charge in [-0.1, -0.05) is 0 Å². The Kier molecular flexibility index (Phi) is 2.53. The topological polar surface area (TPSA) is 46.6 Å². The number of rotatable bonds is 2. The van der Waals surface area contributed by atoms with E-state index in [2.05, 4.69) is 6.92 Å². The molecule has 3 rings (SSSR count). The second-order valence-corrected chi connectivity index (χ2v) is 7.58. The molecule has 2 aliphatic heterocycles. The van der Waals surface area contributed by atoms with Crippen molar-refractivity contribution >= 4 is 10.0 Å². The molecule has 3 atom stereocenters. The van der Waals surface area contributed by atoms with Crippen LogP contribution in [0.15, 0.2) is 0 Å². The Labute approximate surface area is 97.0 Å². The molecule has 0 spiro atoms. The van der Waals surface area contributed by atoms with Crippen LogP contribution in [0, 0.1) is 5.92 Å². The third-order valence-electron chi connectivity index (χ3n) is 4.01. The van der Waals surface area contributed by atoms with Crippen LogP contribution in [0.2, 0.25) is 0 Å². The van der Waals surface area contributed by atoms with Crippen LogP contribution >= 0.6 is 0 Å². The molecule has 1 saturated carbocycles. The van der Waals surface area contributed by atoms with Gasteiger partial charge in [-0.2, -0.15) is 4.31 Å². The van der Waals surface area contributed by atoms with Crippen LogP contribution in [0.1, 0.15) is 32.6 Å². The summed E-state index contributed by atoms with van der Waals surface area (Å²) in [5.41, 5.74) is 0. The Hall–Kier alpha value is -0.130. The molecular formula is C11H19NO3S. The van der Waals surface area contributed by atoms with E-state index in [4.69, 9.17) is 4.74 Å². The highest BCUT2D eigenvalue weighted by Gasteiger charge is 2.45.